The summed E-state index contributed by atoms with van der Waals surface area (Å²) in [4.78, 5) is 2.41. The molecule has 0 amide bonds. The molecule has 0 unspecified atom stereocenters. The first kappa shape index (κ1) is 16.3. The van der Waals surface area contributed by atoms with E-state index in [4.69, 9.17) is 15.2 Å². The second-order valence-corrected chi connectivity index (χ2v) is 7.03. The SMILES string of the molecule is CC1(C)CN(CCOc2ccc(CN)cc2)CC(C)(C)O1. The zero-order valence-corrected chi connectivity index (χ0v) is 13.7. The number of rotatable bonds is 5. The Labute approximate surface area is 128 Å². The monoisotopic (exact) mass is 292 g/mol. The third kappa shape index (κ3) is 4.99. The summed E-state index contributed by atoms with van der Waals surface area (Å²) in [7, 11) is 0. The van der Waals surface area contributed by atoms with E-state index in [1.807, 2.05) is 24.3 Å². The fraction of sp³-hybridized carbons (Fsp3) is 0.647. The molecule has 0 aliphatic carbocycles. The molecule has 1 aromatic carbocycles. The average molecular weight is 292 g/mol. The highest BCUT2D eigenvalue weighted by molar-refractivity contribution is 5.27. The maximum atomic E-state index is 6.09. The largest absolute Gasteiger partial charge is 0.492 e. The van der Waals surface area contributed by atoms with Crippen molar-refractivity contribution >= 4 is 0 Å². The number of hydrogen-bond donors (Lipinski definition) is 1. The lowest BCUT2D eigenvalue weighted by Gasteiger charge is -2.47. The minimum Gasteiger partial charge on any atom is -0.492 e. The fourth-order valence-corrected chi connectivity index (χ4v) is 3.12. The molecule has 0 aromatic heterocycles. The van der Waals surface area contributed by atoms with Crippen LogP contribution in [0.3, 0.4) is 0 Å². The lowest BCUT2D eigenvalue weighted by atomic mass is 9.99. The van der Waals surface area contributed by atoms with Crippen molar-refractivity contribution in [3.8, 4) is 5.75 Å². The molecule has 1 aliphatic heterocycles. The van der Waals surface area contributed by atoms with E-state index < -0.39 is 0 Å². The Morgan fingerprint density at radius 3 is 2.19 bits per heavy atom. The maximum absolute atomic E-state index is 6.09. The van der Waals surface area contributed by atoms with Gasteiger partial charge in [0.1, 0.15) is 12.4 Å². The van der Waals surface area contributed by atoms with Crippen molar-refractivity contribution in [3.63, 3.8) is 0 Å². The second-order valence-electron chi connectivity index (χ2n) is 7.03. The zero-order valence-electron chi connectivity index (χ0n) is 13.7. The van der Waals surface area contributed by atoms with Gasteiger partial charge in [0.15, 0.2) is 0 Å². The molecule has 1 aliphatic rings. The molecule has 2 N–H and O–H groups in total. The van der Waals surface area contributed by atoms with Gasteiger partial charge >= 0.3 is 0 Å². The van der Waals surface area contributed by atoms with E-state index in [0.29, 0.717) is 13.2 Å². The molecular weight excluding hydrogens is 264 g/mol. The predicted molar refractivity (Wildman–Crippen MR) is 85.5 cm³/mol. The number of benzene rings is 1. The second kappa shape index (κ2) is 6.34. The van der Waals surface area contributed by atoms with Crippen LogP contribution in [0.25, 0.3) is 0 Å². The lowest BCUT2D eigenvalue weighted by Crippen LogP contribution is -2.57. The number of nitrogens with zero attached hydrogens (tertiary/aromatic N) is 1. The van der Waals surface area contributed by atoms with Gasteiger partial charge in [-0.05, 0) is 45.4 Å². The summed E-state index contributed by atoms with van der Waals surface area (Å²) in [6.07, 6.45) is 0. The van der Waals surface area contributed by atoms with Crippen LogP contribution in [0, 0.1) is 0 Å². The Hall–Kier alpha value is -1.10. The topological polar surface area (TPSA) is 47.7 Å². The van der Waals surface area contributed by atoms with Crippen molar-refractivity contribution in [1.29, 1.82) is 0 Å². The van der Waals surface area contributed by atoms with Crippen LogP contribution in [0.5, 0.6) is 5.75 Å². The molecule has 0 spiro atoms. The normalized spacial score (nSPS) is 21.2. The average Bonchev–Trinajstić information content (AvgIpc) is 2.36. The quantitative estimate of drug-likeness (QED) is 0.905. The molecule has 0 saturated carbocycles. The summed E-state index contributed by atoms with van der Waals surface area (Å²) in [5.41, 5.74) is 6.50. The summed E-state index contributed by atoms with van der Waals surface area (Å²) >= 11 is 0. The molecule has 4 heteroatoms. The standard InChI is InChI=1S/C17H28N2O2/c1-16(2)12-19(13-17(3,4)21-16)9-10-20-15-7-5-14(11-18)6-8-15/h5-8H,9-13,18H2,1-4H3. The summed E-state index contributed by atoms with van der Waals surface area (Å²) < 4.78 is 11.9. The third-order valence-electron chi connectivity index (χ3n) is 3.60. The summed E-state index contributed by atoms with van der Waals surface area (Å²) in [6.45, 7) is 12.6. The van der Waals surface area contributed by atoms with Crippen molar-refractivity contribution in [2.45, 2.75) is 45.4 Å². The van der Waals surface area contributed by atoms with Gasteiger partial charge in [-0.3, -0.25) is 4.90 Å². The highest BCUT2D eigenvalue weighted by Crippen LogP contribution is 2.27. The van der Waals surface area contributed by atoms with E-state index in [-0.39, 0.29) is 11.2 Å². The van der Waals surface area contributed by atoms with Gasteiger partial charge in [0.25, 0.3) is 0 Å². The molecule has 0 radical (unpaired) electrons. The van der Waals surface area contributed by atoms with E-state index in [9.17, 15) is 0 Å². The maximum Gasteiger partial charge on any atom is 0.119 e. The Morgan fingerprint density at radius 2 is 1.67 bits per heavy atom. The number of nitrogens with two attached hydrogens (primary N) is 1. The smallest absolute Gasteiger partial charge is 0.119 e. The van der Waals surface area contributed by atoms with E-state index in [0.717, 1.165) is 30.9 Å². The lowest BCUT2D eigenvalue weighted by molar-refractivity contribution is -0.181. The van der Waals surface area contributed by atoms with Gasteiger partial charge in [-0.15, -0.1) is 0 Å². The van der Waals surface area contributed by atoms with Crippen molar-refractivity contribution < 1.29 is 9.47 Å². The molecule has 4 nitrogen and oxygen atoms in total. The Morgan fingerprint density at radius 1 is 1.10 bits per heavy atom. The number of morpholine rings is 1. The van der Waals surface area contributed by atoms with Gasteiger partial charge in [0, 0.05) is 26.2 Å². The van der Waals surface area contributed by atoms with Crippen LogP contribution < -0.4 is 10.5 Å². The van der Waals surface area contributed by atoms with Crippen LogP contribution in [0.2, 0.25) is 0 Å². The summed E-state index contributed by atoms with van der Waals surface area (Å²) in [5, 5.41) is 0. The van der Waals surface area contributed by atoms with Crippen LogP contribution >= 0.6 is 0 Å². The first-order chi connectivity index (χ1) is 9.80. The van der Waals surface area contributed by atoms with Crippen LogP contribution in [0.1, 0.15) is 33.3 Å². The molecule has 1 saturated heterocycles. The minimum absolute atomic E-state index is 0.107. The Balaban J connectivity index is 1.82. The molecule has 21 heavy (non-hydrogen) atoms. The summed E-state index contributed by atoms with van der Waals surface area (Å²) in [5.74, 6) is 0.902. The van der Waals surface area contributed by atoms with Crippen molar-refractivity contribution in [2.75, 3.05) is 26.2 Å². The zero-order chi connectivity index (χ0) is 15.5. The van der Waals surface area contributed by atoms with Gasteiger partial charge in [-0.1, -0.05) is 12.1 Å². The minimum atomic E-state index is -0.107. The van der Waals surface area contributed by atoms with Crippen LogP contribution in [0.15, 0.2) is 24.3 Å². The van der Waals surface area contributed by atoms with E-state index >= 15 is 0 Å². The highest BCUT2D eigenvalue weighted by atomic mass is 16.5. The molecule has 118 valence electrons. The molecule has 0 bridgehead atoms. The Bertz CT molecular complexity index is 438. The van der Waals surface area contributed by atoms with E-state index in [1.54, 1.807) is 0 Å². The van der Waals surface area contributed by atoms with Gasteiger partial charge in [0.05, 0.1) is 11.2 Å². The van der Waals surface area contributed by atoms with Gasteiger partial charge in [0.2, 0.25) is 0 Å². The van der Waals surface area contributed by atoms with Crippen molar-refractivity contribution in [1.82, 2.24) is 4.90 Å². The molecule has 1 fully saturated rings. The summed E-state index contributed by atoms with van der Waals surface area (Å²) in [6, 6.07) is 7.98. The molecule has 1 aromatic rings. The van der Waals surface area contributed by atoms with Crippen LogP contribution in [-0.2, 0) is 11.3 Å². The fourth-order valence-electron chi connectivity index (χ4n) is 3.12. The molecular formula is C17H28N2O2. The number of ether oxygens (including phenoxy) is 2. The highest BCUT2D eigenvalue weighted by Gasteiger charge is 2.37. The third-order valence-corrected chi connectivity index (χ3v) is 3.60. The molecule has 0 atom stereocenters. The first-order valence-electron chi connectivity index (χ1n) is 7.64. The van der Waals surface area contributed by atoms with Crippen molar-refractivity contribution in [3.05, 3.63) is 29.8 Å². The van der Waals surface area contributed by atoms with E-state index in [1.165, 1.54) is 0 Å². The predicted octanol–water partition coefficient (Wildman–Crippen LogP) is 2.41. The number of hydrogen-bond acceptors (Lipinski definition) is 4. The molecule has 2 rings (SSSR count). The van der Waals surface area contributed by atoms with Gasteiger partial charge in [-0.2, -0.15) is 0 Å². The van der Waals surface area contributed by atoms with Crippen LogP contribution in [0.4, 0.5) is 0 Å². The molecule has 1 heterocycles. The Kier molecular flexibility index (Phi) is 4.91. The van der Waals surface area contributed by atoms with E-state index in [2.05, 4.69) is 32.6 Å². The van der Waals surface area contributed by atoms with Crippen molar-refractivity contribution in [2.24, 2.45) is 5.73 Å². The van der Waals surface area contributed by atoms with Crippen LogP contribution in [-0.4, -0.2) is 42.3 Å². The van der Waals surface area contributed by atoms with Gasteiger partial charge in [-0.25, -0.2) is 0 Å². The first-order valence-corrected chi connectivity index (χ1v) is 7.64. The van der Waals surface area contributed by atoms with Gasteiger partial charge < -0.3 is 15.2 Å².